The van der Waals surface area contributed by atoms with Gasteiger partial charge in [-0.3, -0.25) is 4.79 Å². The quantitative estimate of drug-likeness (QED) is 0.527. The smallest absolute Gasteiger partial charge is 0.335 e. The van der Waals surface area contributed by atoms with E-state index in [1.807, 2.05) is 24.3 Å². The molecule has 4 rings (SSSR count). The molecule has 3 aromatic carbocycles. The highest BCUT2D eigenvalue weighted by Gasteiger charge is 2.21. The Balaban J connectivity index is 1.74. The van der Waals surface area contributed by atoms with Crippen LogP contribution < -0.4 is 10.2 Å². The highest BCUT2D eigenvalue weighted by molar-refractivity contribution is 6.35. The second-order valence-corrected chi connectivity index (χ2v) is 8.77. The van der Waals surface area contributed by atoms with Crippen LogP contribution in [0.1, 0.15) is 26.3 Å². The number of carboxylic acids is 1. The van der Waals surface area contributed by atoms with Gasteiger partial charge in [0, 0.05) is 31.7 Å². The van der Waals surface area contributed by atoms with Gasteiger partial charge in [0.25, 0.3) is 5.91 Å². The number of nitrogens with zero attached hydrogens (tertiary/aromatic N) is 2. The molecule has 1 saturated heterocycles. The lowest BCUT2D eigenvalue weighted by atomic mass is 10.0. The van der Waals surface area contributed by atoms with Crippen molar-refractivity contribution < 1.29 is 19.1 Å². The van der Waals surface area contributed by atoms with E-state index < -0.39 is 17.7 Å². The number of likely N-dealkylation sites (N-methyl/N-ethyl adjacent to an activating group) is 1. The topological polar surface area (TPSA) is 72.9 Å². The van der Waals surface area contributed by atoms with Gasteiger partial charge in [0.05, 0.1) is 27.5 Å². The van der Waals surface area contributed by atoms with Crippen LogP contribution in [0, 0.1) is 12.7 Å². The Hall–Kier alpha value is -3.42. The second-order valence-electron chi connectivity index (χ2n) is 8.40. The molecule has 1 heterocycles. The molecular weight excluding hydrogens is 457 g/mol. The Labute approximate surface area is 202 Å². The highest BCUT2D eigenvalue weighted by Crippen LogP contribution is 2.34. The van der Waals surface area contributed by atoms with E-state index >= 15 is 0 Å². The third-order valence-corrected chi connectivity index (χ3v) is 6.58. The zero-order valence-electron chi connectivity index (χ0n) is 18.9. The van der Waals surface area contributed by atoms with Crippen molar-refractivity contribution in [2.24, 2.45) is 0 Å². The summed E-state index contributed by atoms with van der Waals surface area (Å²) in [6.07, 6.45) is 0. The Bertz CT molecular complexity index is 1260. The third-order valence-electron chi connectivity index (χ3n) is 6.10. The van der Waals surface area contributed by atoms with Gasteiger partial charge in [0.1, 0.15) is 5.82 Å². The lowest BCUT2D eigenvalue weighted by molar-refractivity contribution is 0.0696. The van der Waals surface area contributed by atoms with Gasteiger partial charge < -0.3 is 20.2 Å². The predicted octanol–water partition coefficient (Wildman–Crippen LogP) is 5.16. The van der Waals surface area contributed by atoms with E-state index in [0.29, 0.717) is 5.69 Å². The molecular formula is C26H25ClFN3O3. The SMILES string of the molecule is Cc1c(F)ccc(C(=O)Nc2cc(-c3cccc(C(=O)O)c3)ccc2N2CCN(C)CC2)c1Cl. The van der Waals surface area contributed by atoms with Crippen LogP contribution in [0.2, 0.25) is 5.02 Å². The van der Waals surface area contributed by atoms with E-state index in [1.54, 1.807) is 12.1 Å². The minimum absolute atomic E-state index is 0.0731. The first-order chi connectivity index (χ1) is 16.2. The molecule has 0 bridgehead atoms. The number of hydrogen-bond acceptors (Lipinski definition) is 4. The summed E-state index contributed by atoms with van der Waals surface area (Å²) in [7, 11) is 2.07. The molecule has 34 heavy (non-hydrogen) atoms. The Kier molecular flexibility index (Phi) is 6.86. The van der Waals surface area contributed by atoms with Crippen molar-refractivity contribution in [1.82, 2.24) is 4.90 Å². The fourth-order valence-electron chi connectivity index (χ4n) is 4.00. The first-order valence-corrected chi connectivity index (χ1v) is 11.3. The Morgan fingerprint density at radius 3 is 2.41 bits per heavy atom. The maximum Gasteiger partial charge on any atom is 0.335 e. The van der Waals surface area contributed by atoms with E-state index in [2.05, 4.69) is 22.2 Å². The molecule has 176 valence electrons. The number of benzene rings is 3. The molecule has 0 saturated carbocycles. The lowest BCUT2D eigenvalue weighted by Crippen LogP contribution is -2.44. The molecule has 1 amide bonds. The molecule has 2 N–H and O–H groups in total. The first kappa shape index (κ1) is 23.7. The van der Waals surface area contributed by atoms with Gasteiger partial charge in [-0.1, -0.05) is 29.8 Å². The number of halogens is 2. The van der Waals surface area contributed by atoms with Crippen LogP contribution in [0.5, 0.6) is 0 Å². The van der Waals surface area contributed by atoms with Gasteiger partial charge in [0.15, 0.2) is 0 Å². The third kappa shape index (κ3) is 4.90. The fourth-order valence-corrected chi connectivity index (χ4v) is 4.24. The van der Waals surface area contributed by atoms with E-state index in [4.69, 9.17) is 11.6 Å². The zero-order valence-corrected chi connectivity index (χ0v) is 19.7. The average Bonchev–Trinajstić information content (AvgIpc) is 2.83. The van der Waals surface area contributed by atoms with E-state index in [0.717, 1.165) is 43.0 Å². The summed E-state index contributed by atoms with van der Waals surface area (Å²) in [5.74, 6) is -1.93. The van der Waals surface area contributed by atoms with Crippen LogP contribution in [0.3, 0.4) is 0 Å². The van der Waals surface area contributed by atoms with E-state index in [-0.39, 0.29) is 21.7 Å². The van der Waals surface area contributed by atoms with Crippen molar-refractivity contribution in [1.29, 1.82) is 0 Å². The summed E-state index contributed by atoms with van der Waals surface area (Å²) in [4.78, 5) is 29.0. The summed E-state index contributed by atoms with van der Waals surface area (Å²) < 4.78 is 13.8. The second kappa shape index (κ2) is 9.83. The van der Waals surface area contributed by atoms with Crippen molar-refractivity contribution in [2.75, 3.05) is 43.4 Å². The summed E-state index contributed by atoms with van der Waals surface area (Å²) in [5, 5.41) is 12.4. The van der Waals surface area contributed by atoms with Crippen molar-refractivity contribution in [3.63, 3.8) is 0 Å². The van der Waals surface area contributed by atoms with Gasteiger partial charge >= 0.3 is 5.97 Å². The lowest BCUT2D eigenvalue weighted by Gasteiger charge is -2.35. The summed E-state index contributed by atoms with van der Waals surface area (Å²) >= 11 is 6.27. The van der Waals surface area contributed by atoms with Crippen molar-refractivity contribution >= 4 is 34.9 Å². The van der Waals surface area contributed by atoms with Crippen molar-refractivity contribution in [3.05, 3.63) is 82.1 Å². The maximum absolute atomic E-state index is 13.8. The maximum atomic E-state index is 13.8. The normalized spacial score (nSPS) is 14.2. The molecule has 1 fully saturated rings. The van der Waals surface area contributed by atoms with E-state index in [9.17, 15) is 19.1 Å². The van der Waals surface area contributed by atoms with Crippen LogP contribution in [-0.4, -0.2) is 55.1 Å². The largest absolute Gasteiger partial charge is 0.478 e. The highest BCUT2D eigenvalue weighted by atomic mass is 35.5. The van der Waals surface area contributed by atoms with Gasteiger partial charge in [-0.2, -0.15) is 0 Å². The van der Waals surface area contributed by atoms with Crippen LogP contribution in [0.25, 0.3) is 11.1 Å². The van der Waals surface area contributed by atoms with Crippen LogP contribution in [0.15, 0.2) is 54.6 Å². The van der Waals surface area contributed by atoms with Crippen LogP contribution >= 0.6 is 11.6 Å². The van der Waals surface area contributed by atoms with Crippen LogP contribution in [0.4, 0.5) is 15.8 Å². The number of nitrogens with one attached hydrogen (secondary N) is 1. The number of amides is 1. The first-order valence-electron chi connectivity index (χ1n) is 10.9. The number of carboxylic acid groups (broad SMARTS) is 1. The number of carbonyl (C=O) groups is 2. The van der Waals surface area contributed by atoms with Crippen molar-refractivity contribution in [3.8, 4) is 11.1 Å². The molecule has 0 aromatic heterocycles. The van der Waals surface area contributed by atoms with Crippen LogP contribution in [-0.2, 0) is 0 Å². The summed E-state index contributed by atoms with van der Waals surface area (Å²) in [5.41, 5.74) is 3.49. The van der Waals surface area contributed by atoms with Gasteiger partial charge in [-0.05, 0) is 61.5 Å². The van der Waals surface area contributed by atoms with Gasteiger partial charge in [-0.25, -0.2) is 9.18 Å². The van der Waals surface area contributed by atoms with Gasteiger partial charge in [-0.15, -0.1) is 0 Å². The number of hydrogen-bond donors (Lipinski definition) is 2. The predicted molar refractivity (Wildman–Crippen MR) is 133 cm³/mol. The monoisotopic (exact) mass is 481 g/mol. The number of piperazine rings is 1. The number of rotatable bonds is 5. The summed E-state index contributed by atoms with van der Waals surface area (Å²) in [6.45, 7) is 4.89. The molecule has 0 radical (unpaired) electrons. The Morgan fingerprint density at radius 1 is 1.00 bits per heavy atom. The molecule has 0 spiro atoms. The number of carbonyl (C=O) groups excluding carboxylic acids is 1. The minimum atomic E-state index is -1.01. The molecule has 1 aliphatic heterocycles. The van der Waals surface area contributed by atoms with E-state index in [1.165, 1.54) is 25.1 Å². The molecule has 3 aromatic rings. The Morgan fingerprint density at radius 2 is 1.71 bits per heavy atom. The molecule has 0 aliphatic carbocycles. The number of anilines is 2. The van der Waals surface area contributed by atoms with Gasteiger partial charge in [0.2, 0.25) is 0 Å². The summed E-state index contributed by atoms with van der Waals surface area (Å²) in [6, 6.07) is 14.9. The zero-order chi connectivity index (χ0) is 24.4. The molecule has 0 atom stereocenters. The minimum Gasteiger partial charge on any atom is -0.478 e. The molecule has 6 nitrogen and oxygen atoms in total. The molecule has 8 heteroatoms. The molecule has 0 unspecified atom stereocenters. The molecule has 1 aliphatic rings. The number of aromatic carboxylic acids is 1. The fraction of sp³-hybridized carbons (Fsp3) is 0.231. The average molecular weight is 482 g/mol. The van der Waals surface area contributed by atoms with Crippen molar-refractivity contribution in [2.45, 2.75) is 6.92 Å². The standard InChI is InChI=1S/C26H25ClFN3O3/c1-16-21(28)8-7-20(24(16)27)25(32)29-22-15-18(17-4-3-5-19(14-17)26(33)34)6-9-23(22)31-12-10-30(2)11-13-31/h3-9,14-15H,10-13H2,1-2H3,(H,29,32)(H,33,34).